The maximum atomic E-state index is 6.07. The summed E-state index contributed by atoms with van der Waals surface area (Å²) in [5, 5.41) is 0.971. The van der Waals surface area contributed by atoms with Crippen molar-refractivity contribution in [3.63, 3.8) is 0 Å². The van der Waals surface area contributed by atoms with Crippen molar-refractivity contribution < 1.29 is 4.74 Å². The molecule has 0 aliphatic carbocycles. The van der Waals surface area contributed by atoms with Crippen LogP contribution in [0.5, 0.6) is 0 Å². The van der Waals surface area contributed by atoms with E-state index in [9.17, 15) is 0 Å². The summed E-state index contributed by atoms with van der Waals surface area (Å²) in [5.41, 5.74) is 6.56. The Morgan fingerprint density at radius 1 is 1.50 bits per heavy atom. The van der Waals surface area contributed by atoms with E-state index in [0.717, 1.165) is 9.84 Å². The first-order valence-corrected chi connectivity index (χ1v) is 5.93. The van der Waals surface area contributed by atoms with Crippen LogP contribution in [0.25, 0.3) is 10.5 Å². The minimum absolute atomic E-state index is 0.00642. The number of ether oxygens (including phenoxy) is 1. The molecule has 1 aliphatic heterocycles. The van der Waals surface area contributed by atoms with E-state index in [1.54, 1.807) is 23.7 Å². The van der Waals surface area contributed by atoms with E-state index in [1.807, 2.05) is 0 Å². The topological polar surface area (TPSA) is 73.9 Å². The molecule has 2 aromatic rings. The molecule has 1 saturated heterocycles. The Morgan fingerprint density at radius 3 is 3.00 bits per heavy atom. The van der Waals surface area contributed by atoms with Gasteiger partial charge in [0, 0.05) is 18.4 Å². The van der Waals surface area contributed by atoms with Crippen molar-refractivity contribution in [3.05, 3.63) is 17.4 Å². The first kappa shape index (κ1) is 10.1. The van der Waals surface area contributed by atoms with Gasteiger partial charge in [-0.05, 0) is 6.92 Å². The summed E-state index contributed by atoms with van der Waals surface area (Å²) >= 11 is 1.55. The summed E-state index contributed by atoms with van der Waals surface area (Å²) in [6.07, 6.45) is 3.33. The Hall–Kier alpha value is -1.11. The number of hydrogen-bond donors (Lipinski definition) is 1. The van der Waals surface area contributed by atoms with Crippen molar-refractivity contribution in [3.8, 4) is 0 Å². The number of hydrogen-bond acceptors (Lipinski definition) is 6. The van der Waals surface area contributed by atoms with Crippen molar-refractivity contribution >= 4 is 21.8 Å². The highest BCUT2D eigenvalue weighted by Gasteiger charge is 2.42. The molecule has 6 heteroatoms. The van der Waals surface area contributed by atoms with E-state index in [4.69, 9.17) is 10.5 Å². The van der Waals surface area contributed by atoms with Crippen LogP contribution in [0.1, 0.15) is 11.9 Å². The molecule has 0 saturated carbocycles. The summed E-state index contributed by atoms with van der Waals surface area (Å²) in [6.45, 7) is 3.30. The fourth-order valence-corrected chi connectivity index (χ4v) is 2.89. The van der Waals surface area contributed by atoms with Crippen LogP contribution in [-0.4, -0.2) is 34.2 Å². The zero-order chi connectivity index (χ0) is 11.2. The molecule has 0 amide bonds. The average molecular weight is 236 g/mol. The number of rotatable bonds is 1. The molecule has 2 unspecified atom stereocenters. The van der Waals surface area contributed by atoms with Crippen LogP contribution in [0.3, 0.4) is 0 Å². The molecule has 1 fully saturated rings. The van der Waals surface area contributed by atoms with E-state index in [-0.39, 0.29) is 11.5 Å². The van der Waals surface area contributed by atoms with Gasteiger partial charge in [-0.15, -0.1) is 0 Å². The number of aromatic nitrogens is 3. The fourth-order valence-electron chi connectivity index (χ4n) is 1.83. The van der Waals surface area contributed by atoms with Gasteiger partial charge in [0.1, 0.15) is 5.01 Å². The van der Waals surface area contributed by atoms with Crippen molar-refractivity contribution in [2.24, 2.45) is 5.73 Å². The Labute approximate surface area is 96.7 Å². The molecular weight excluding hydrogens is 224 g/mol. The first-order valence-electron chi connectivity index (χ1n) is 5.11. The lowest BCUT2D eigenvalue weighted by Crippen LogP contribution is -2.41. The van der Waals surface area contributed by atoms with Gasteiger partial charge in [0.25, 0.3) is 0 Å². The molecule has 5 nitrogen and oxygen atoms in total. The SMILES string of the molecule is CC1(c2nc3nccnc3s2)COCC1N. The van der Waals surface area contributed by atoms with E-state index in [2.05, 4.69) is 21.9 Å². The largest absolute Gasteiger partial charge is 0.379 e. The van der Waals surface area contributed by atoms with Gasteiger partial charge < -0.3 is 10.5 Å². The third kappa shape index (κ3) is 1.34. The minimum atomic E-state index is -0.201. The maximum Gasteiger partial charge on any atom is 0.189 e. The molecule has 0 aromatic carbocycles. The maximum absolute atomic E-state index is 6.07. The molecule has 3 heterocycles. The number of nitrogens with two attached hydrogens (primary N) is 1. The fraction of sp³-hybridized carbons (Fsp3) is 0.500. The lowest BCUT2D eigenvalue weighted by molar-refractivity contribution is 0.180. The van der Waals surface area contributed by atoms with Crippen LogP contribution < -0.4 is 5.73 Å². The van der Waals surface area contributed by atoms with Crippen molar-refractivity contribution in [2.45, 2.75) is 18.4 Å². The molecule has 84 valence electrons. The summed E-state index contributed by atoms with van der Waals surface area (Å²) in [4.78, 5) is 13.8. The number of thiazole rings is 1. The second-order valence-electron chi connectivity index (χ2n) is 4.24. The minimum Gasteiger partial charge on any atom is -0.379 e. The Balaban J connectivity index is 2.12. The number of nitrogens with zero attached hydrogens (tertiary/aromatic N) is 3. The molecule has 0 spiro atoms. The van der Waals surface area contributed by atoms with Gasteiger partial charge in [0.15, 0.2) is 10.5 Å². The van der Waals surface area contributed by atoms with Crippen molar-refractivity contribution in [1.82, 2.24) is 15.0 Å². The first-order chi connectivity index (χ1) is 7.70. The second-order valence-corrected chi connectivity index (χ2v) is 5.22. The molecule has 0 bridgehead atoms. The highest BCUT2D eigenvalue weighted by molar-refractivity contribution is 7.18. The van der Waals surface area contributed by atoms with Crippen LogP contribution in [0.2, 0.25) is 0 Å². The summed E-state index contributed by atoms with van der Waals surface area (Å²) in [7, 11) is 0. The predicted octanol–water partition coefficient (Wildman–Crippen LogP) is 0.701. The van der Waals surface area contributed by atoms with E-state index >= 15 is 0 Å². The van der Waals surface area contributed by atoms with Gasteiger partial charge in [0.2, 0.25) is 0 Å². The zero-order valence-electron chi connectivity index (χ0n) is 8.88. The van der Waals surface area contributed by atoms with E-state index in [0.29, 0.717) is 18.9 Å². The molecule has 2 aromatic heterocycles. The predicted molar refractivity (Wildman–Crippen MR) is 61.4 cm³/mol. The summed E-state index contributed by atoms with van der Waals surface area (Å²) in [6, 6.07) is -0.00642. The lowest BCUT2D eigenvalue weighted by Gasteiger charge is -2.23. The highest BCUT2D eigenvalue weighted by atomic mass is 32.1. The third-order valence-electron chi connectivity index (χ3n) is 3.05. The molecule has 2 atom stereocenters. The van der Waals surface area contributed by atoms with E-state index < -0.39 is 0 Å². The van der Waals surface area contributed by atoms with Crippen LogP contribution in [0.15, 0.2) is 12.4 Å². The van der Waals surface area contributed by atoms with Gasteiger partial charge in [-0.25, -0.2) is 15.0 Å². The number of fused-ring (bicyclic) bond motifs is 1. The van der Waals surface area contributed by atoms with Gasteiger partial charge in [0.05, 0.1) is 18.6 Å². The summed E-state index contributed by atoms with van der Waals surface area (Å²) < 4.78 is 5.42. The quantitative estimate of drug-likeness (QED) is 0.789. The molecule has 2 N–H and O–H groups in total. The van der Waals surface area contributed by atoms with Gasteiger partial charge in [-0.3, -0.25) is 0 Å². The van der Waals surface area contributed by atoms with Gasteiger partial charge in [-0.1, -0.05) is 11.3 Å². The highest BCUT2D eigenvalue weighted by Crippen LogP contribution is 2.35. The van der Waals surface area contributed by atoms with Crippen molar-refractivity contribution in [2.75, 3.05) is 13.2 Å². The smallest absolute Gasteiger partial charge is 0.189 e. The van der Waals surface area contributed by atoms with Gasteiger partial charge in [-0.2, -0.15) is 0 Å². The molecule has 16 heavy (non-hydrogen) atoms. The Morgan fingerprint density at radius 2 is 2.31 bits per heavy atom. The monoisotopic (exact) mass is 236 g/mol. The standard InChI is InChI=1S/C10H12N4OS/c1-10(5-15-4-6(10)11)9-14-7-8(16-9)13-3-2-12-7/h2-3,6H,4-5,11H2,1H3. The normalized spacial score (nSPS) is 30.0. The van der Waals surface area contributed by atoms with Crippen molar-refractivity contribution in [1.29, 1.82) is 0 Å². The lowest BCUT2D eigenvalue weighted by atomic mass is 9.87. The van der Waals surface area contributed by atoms with Crippen LogP contribution >= 0.6 is 11.3 Å². The molecular formula is C10H12N4OS. The second kappa shape index (κ2) is 3.44. The van der Waals surface area contributed by atoms with E-state index in [1.165, 1.54) is 0 Å². The molecule has 3 rings (SSSR count). The zero-order valence-corrected chi connectivity index (χ0v) is 9.70. The Bertz CT molecular complexity index is 495. The third-order valence-corrected chi connectivity index (χ3v) is 4.29. The van der Waals surface area contributed by atoms with Crippen LogP contribution in [0.4, 0.5) is 0 Å². The molecule has 1 aliphatic rings. The molecule has 0 radical (unpaired) electrons. The average Bonchev–Trinajstić information content (AvgIpc) is 2.84. The van der Waals surface area contributed by atoms with Crippen LogP contribution in [-0.2, 0) is 10.2 Å². The summed E-state index contributed by atoms with van der Waals surface area (Å²) in [5.74, 6) is 0. The van der Waals surface area contributed by atoms with Gasteiger partial charge >= 0.3 is 0 Å². The Kier molecular flexibility index (Phi) is 2.17. The van der Waals surface area contributed by atoms with Crippen LogP contribution in [0, 0.1) is 0 Å².